The zero-order chi connectivity index (χ0) is 8.72. The Morgan fingerprint density at radius 2 is 2.00 bits per heavy atom. The Hall–Kier alpha value is -1.31. The van der Waals surface area contributed by atoms with Gasteiger partial charge < -0.3 is 4.40 Å². The molecule has 0 unspecified atom stereocenters. The van der Waals surface area contributed by atoms with E-state index in [0.29, 0.717) is 0 Å². The predicted octanol–water partition coefficient (Wildman–Crippen LogP) is 2.26. The molecule has 0 atom stereocenters. The third-order valence-corrected chi connectivity index (χ3v) is 2.17. The van der Waals surface area contributed by atoms with Crippen LogP contribution in [0.4, 0.5) is 0 Å². The maximum atomic E-state index is 4.38. The van der Waals surface area contributed by atoms with Crippen molar-refractivity contribution in [2.75, 3.05) is 0 Å². The topological polar surface area (TPSA) is 17.3 Å². The molecule has 0 bridgehead atoms. The van der Waals surface area contributed by atoms with Gasteiger partial charge in [0.15, 0.2) is 0 Å². The van der Waals surface area contributed by atoms with Gasteiger partial charge >= 0.3 is 0 Å². The Bertz CT molecular complexity index is 427. The summed E-state index contributed by atoms with van der Waals surface area (Å²) in [5.41, 5.74) is 3.66. The molecule has 2 heterocycles. The SMILES string of the molecule is Cc1cc2c(C)ccn2c(C)n1. The minimum Gasteiger partial charge on any atom is -0.305 e. The van der Waals surface area contributed by atoms with E-state index in [1.807, 2.05) is 13.8 Å². The minimum absolute atomic E-state index is 1.05. The minimum atomic E-state index is 1.05. The van der Waals surface area contributed by atoms with Crippen molar-refractivity contribution in [3.63, 3.8) is 0 Å². The summed E-state index contributed by atoms with van der Waals surface area (Å²) in [6.07, 6.45) is 2.06. The Morgan fingerprint density at radius 1 is 1.25 bits per heavy atom. The second-order valence-corrected chi connectivity index (χ2v) is 3.20. The van der Waals surface area contributed by atoms with Crippen molar-refractivity contribution in [1.82, 2.24) is 9.38 Å². The van der Waals surface area contributed by atoms with Crippen LogP contribution in [-0.2, 0) is 0 Å². The second kappa shape index (κ2) is 2.34. The van der Waals surface area contributed by atoms with E-state index in [9.17, 15) is 0 Å². The molecule has 2 nitrogen and oxygen atoms in total. The molecule has 0 saturated carbocycles. The van der Waals surface area contributed by atoms with Crippen molar-refractivity contribution in [2.24, 2.45) is 0 Å². The predicted molar refractivity (Wildman–Crippen MR) is 49.4 cm³/mol. The van der Waals surface area contributed by atoms with Crippen LogP contribution in [0, 0.1) is 20.8 Å². The summed E-state index contributed by atoms with van der Waals surface area (Å²) in [5.74, 6) is 1.05. The highest BCUT2D eigenvalue weighted by molar-refractivity contribution is 5.55. The van der Waals surface area contributed by atoms with E-state index in [-0.39, 0.29) is 0 Å². The van der Waals surface area contributed by atoms with E-state index in [0.717, 1.165) is 11.5 Å². The molecule has 62 valence electrons. The first-order valence-electron chi connectivity index (χ1n) is 4.10. The summed E-state index contributed by atoms with van der Waals surface area (Å²) in [5, 5.41) is 0. The van der Waals surface area contributed by atoms with Gasteiger partial charge in [-0.2, -0.15) is 0 Å². The summed E-state index contributed by atoms with van der Waals surface area (Å²) < 4.78 is 2.11. The standard InChI is InChI=1S/C10H12N2/c1-7-4-5-12-9(3)11-8(2)6-10(7)12/h4-6H,1-3H3. The summed E-state index contributed by atoms with van der Waals surface area (Å²) in [6.45, 7) is 6.17. The molecule has 2 heteroatoms. The average Bonchev–Trinajstić information content (AvgIpc) is 2.33. The maximum absolute atomic E-state index is 4.38. The molecule has 0 aliphatic rings. The molecular formula is C10H12N2. The Balaban J connectivity index is 2.92. The third kappa shape index (κ3) is 0.916. The Labute approximate surface area is 71.9 Å². The molecule has 0 aromatic carbocycles. The van der Waals surface area contributed by atoms with Crippen molar-refractivity contribution in [2.45, 2.75) is 20.8 Å². The van der Waals surface area contributed by atoms with E-state index in [1.54, 1.807) is 0 Å². The van der Waals surface area contributed by atoms with E-state index < -0.39 is 0 Å². The fraction of sp³-hybridized carbons (Fsp3) is 0.300. The lowest BCUT2D eigenvalue weighted by molar-refractivity contribution is 0.965. The molecule has 12 heavy (non-hydrogen) atoms. The molecule has 0 aliphatic heterocycles. The molecule has 2 aromatic rings. The third-order valence-electron chi connectivity index (χ3n) is 2.17. The number of hydrogen-bond donors (Lipinski definition) is 0. The number of aromatic nitrogens is 2. The first kappa shape index (κ1) is 7.35. The molecular weight excluding hydrogens is 148 g/mol. The van der Waals surface area contributed by atoms with Crippen LogP contribution in [-0.4, -0.2) is 9.38 Å². The van der Waals surface area contributed by atoms with Crippen LogP contribution in [0.25, 0.3) is 5.52 Å². The molecule has 0 amide bonds. The summed E-state index contributed by atoms with van der Waals surface area (Å²) >= 11 is 0. The Morgan fingerprint density at radius 3 is 2.75 bits per heavy atom. The highest BCUT2D eigenvalue weighted by Crippen LogP contribution is 2.13. The molecule has 0 saturated heterocycles. The fourth-order valence-corrected chi connectivity index (χ4v) is 1.55. The van der Waals surface area contributed by atoms with Gasteiger partial charge in [-0.3, -0.25) is 0 Å². The van der Waals surface area contributed by atoms with Crippen LogP contribution in [0.1, 0.15) is 17.1 Å². The van der Waals surface area contributed by atoms with Crippen molar-refractivity contribution in [1.29, 1.82) is 0 Å². The van der Waals surface area contributed by atoms with Crippen LogP contribution in [0.15, 0.2) is 18.3 Å². The molecule has 0 N–H and O–H groups in total. The normalized spacial score (nSPS) is 10.9. The Kier molecular flexibility index (Phi) is 1.43. The summed E-state index contributed by atoms with van der Waals surface area (Å²) in [7, 11) is 0. The van der Waals surface area contributed by atoms with Gasteiger partial charge in [0.05, 0.1) is 5.52 Å². The molecule has 0 spiro atoms. The van der Waals surface area contributed by atoms with Gasteiger partial charge in [0, 0.05) is 11.9 Å². The number of fused-ring (bicyclic) bond motifs is 1. The van der Waals surface area contributed by atoms with Crippen molar-refractivity contribution >= 4 is 5.52 Å². The number of aryl methyl sites for hydroxylation is 3. The van der Waals surface area contributed by atoms with Crippen molar-refractivity contribution in [3.8, 4) is 0 Å². The average molecular weight is 160 g/mol. The van der Waals surface area contributed by atoms with Crippen LogP contribution in [0.5, 0.6) is 0 Å². The van der Waals surface area contributed by atoms with E-state index in [4.69, 9.17) is 0 Å². The zero-order valence-corrected chi connectivity index (χ0v) is 7.63. The van der Waals surface area contributed by atoms with E-state index in [2.05, 4.69) is 34.6 Å². The quantitative estimate of drug-likeness (QED) is 0.577. The first-order valence-corrected chi connectivity index (χ1v) is 4.10. The molecule has 2 aromatic heterocycles. The summed E-state index contributed by atoms with van der Waals surface area (Å²) in [6, 6.07) is 4.23. The summed E-state index contributed by atoms with van der Waals surface area (Å²) in [4.78, 5) is 4.38. The van der Waals surface area contributed by atoms with Crippen LogP contribution < -0.4 is 0 Å². The van der Waals surface area contributed by atoms with Crippen molar-refractivity contribution in [3.05, 3.63) is 35.4 Å². The molecule has 0 radical (unpaired) electrons. The highest BCUT2D eigenvalue weighted by atomic mass is 15.0. The van der Waals surface area contributed by atoms with Gasteiger partial charge in [0.2, 0.25) is 0 Å². The number of hydrogen-bond acceptors (Lipinski definition) is 1. The smallest absolute Gasteiger partial charge is 0.110 e. The lowest BCUT2D eigenvalue weighted by Crippen LogP contribution is -1.95. The molecule has 0 aliphatic carbocycles. The lowest BCUT2D eigenvalue weighted by Gasteiger charge is -2.01. The number of rotatable bonds is 0. The van der Waals surface area contributed by atoms with E-state index >= 15 is 0 Å². The molecule has 2 rings (SSSR count). The monoisotopic (exact) mass is 160 g/mol. The van der Waals surface area contributed by atoms with Gasteiger partial charge in [-0.15, -0.1) is 0 Å². The van der Waals surface area contributed by atoms with Crippen LogP contribution in [0.3, 0.4) is 0 Å². The van der Waals surface area contributed by atoms with Gasteiger partial charge in [0.25, 0.3) is 0 Å². The fourth-order valence-electron chi connectivity index (χ4n) is 1.55. The molecule has 0 fully saturated rings. The van der Waals surface area contributed by atoms with E-state index in [1.165, 1.54) is 11.1 Å². The highest BCUT2D eigenvalue weighted by Gasteiger charge is 2.01. The van der Waals surface area contributed by atoms with Crippen LogP contribution in [0.2, 0.25) is 0 Å². The van der Waals surface area contributed by atoms with Gasteiger partial charge in [-0.25, -0.2) is 4.98 Å². The van der Waals surface area contributed by atoms with Gasteiger partial charge in [-0.1, -0.05) is 0 Å². The zero-order valence-electron chi connectivity index (χ0n) is 7.63. The lowest BCUT2D eigenvalue weighted by atomic mass is 10.3. The second-order valence-electron chi connectivity index (χ2n) is 3.20. The van der Waals surface area contributed by atoms with Gasteiger partial charge in [-0.05, 0) is 38.5 Å². The largest absolute Gasteiger partial charge is 0.305 e. The maximum Gasteiger partial charge on any atom is 0.110 e. The van der Waals surface area contributed by atoms with Crippen LogP contribution >= 0.6 is 0 Å². The number of nitrogens with zero attached hydrogens (tertiary/aromatic N) is 2. The van der Waals surface area contributed by atoms with Gasteiger partial charge in [0.1, 0.15) is 5.82 Å². The first-order chi connectivity index (χ1) is 5.68. The van der Waals surface area contributed by atoms with Crippen molar-refractivity contribution < 1.29 is 0 Å².